The van der Waals surface area contributed by atoms with E-state index in [0.29, 0.717) is 11.7 Å². The Morgan fingerprint density at radius 1 is 1.10 bits per heavy atom. The minimum atomic E-state index is -0.679. The van der Waals surface area contributed by atoms with E-state index in [9.17, 15) is 5.11 Å². The number of aliphatic hydroxyl groups excluding tert-OH is 1. The van der Waals surface area contributed by atoms with Crippen molar-refractivity contribution in [3.8, 4) is 5.75 Å². The van der Waals surface area contributed by atoms with Crippen LogP contribution < -0.4 is 4.74 Å². The van der Waals surface area contributed by atoms with Crippen LogP contribution in [0.2, 0.25) is 0 Å². The van der Waals surface area contributed by atoms with E-state index in [2.05, 4.69) is 41.9 Å². The molecule has 0 fully saturated rings. The lowest BCUT2D eigenvalue weighted by Crippen LogP contribution is -2.03. The van der Waals surface area contributed by atoms with Crippen LogP contribution in [-0.4, -0.2) is 12.2 Å². The van der Waals surface area contributed by atoms with Gasteiger partial charge in [0.15, 0.2) is 0 Å². The van der Waals surface area contributed by atoms with E-state index in [1.165, 1.54) is 5.56 Å². The molecule has 2 aromatic carbocycles. The highest BCUT2D eigenvalue weighted by Gasteiger charge is 2.15. The zero-order valence-corrected chi connectivity index (χ0v) is 14.2. The van der Waals surface area contributed by atoms with Gasteiger partial charge < -0.3 is 9.84 Å². The standard InChI is InChI=1S/C18H21BrO2/c1-12(2)10-13-4-6-14(7-5-13)18(20)16-9-8-15(19)11-17(16)21-3/h4-9,11-12,18,20H,10H2,1-3H3. The summed E-state index contributed by atoms with van der Waals surface area (Å²) >= 11 is 3.41. The van der Waals surface area contributed by atoms with Crippen molar-refractivity contribution in [3.05, 3.63) is 63.6 Å². The van der Waals surface area contributed by atoms with Crippen LogP contribution in [0.15, 0.2) is 46.9 Å². The number of rotatable bonds is 5. The summed E-state index contributed by atoms with van der Waals surface area (Å²) in [5.41, 5.74) is 2.95. The fraction of sp³-hybridized carbons (Fsp3) is 0.333. The Labute approximate surface area is 134 Å². The van der Waals surface area contributed by atoms with Crippen LogP contribution in [0.25, 0.3) is 0 Å². The molecular formula is C18H21BrO2. The van der Waals surface area contributed by atoms with Crippen molar-refractivity contribution in [3.63, 3.8) is 0 Å². The average Bonchev–Trinajstić information content (AvgIpc) is 2.46. The predicted molar refractivity (Wildman–Crippen MR) is 89.7 cm³/mol. The molecule has 2 aromatic rings. The summed E-state index contributed by atoms with van der Waals surface area (Å²) in [7, 11) is 1.61. The number of hydrogen-bond acceptors (Lipinski definition) is 2. The molecule has 21 heavy (non-hydrogen) atoms. The van der Waals surface area contributed by atoms with E-state index in [-0.39, 0.29) is 0 Å². The maximum absolute atomic E-state index is 10.6. The first-order chi connectivity index (χ1) is 10.0. The van der Waals surface area contributed by atoms with Crippen molar-refractivity contribution >= 4 is 15.9 Å². The Morgan fingerprint density at radius 2 is 1.76 bits per heavy atom. The third-order valence-corrected chi connectivity index (χ3v) is 3.92. The van der Waals surface area contributed by atoms with Crippen LogP contribution in [-0.2, 0) is 6.42 Å². The Morgan fingerprint density at radius 3 is 2.33 bits per heavy atom. The van der Waals surface area contributed by atoms with E-state index < -0.39 is 6.10 Å². The lowest BCUT2D eigenvalue weighted by molar-refractivity contribution is 0.214. The Balaban J connectivity index is 2.25. The molecule has 0 saturated carbocycles. The van der Waals surface area contributed by atoms with Crippen molar-refractivity contribution in [1.82, 2.24) is 0 Å². The van der Waals surface area contributed by atoms with Crippen LogP contribution in [0.1, 0.15) is 36.6 Å². The lowest BCUT2D eigenvalue weighted by atomic mass is 9.97. The zero-order valence-electron chi connectivity index (χ0n) is 12.6. The smallest absolute Gasteiger partial charge is 0.126 e. The molecule has 0 aliphatic rings. The van der Waals surface area contributed by atoms with E-state index in [1.807, 2.05) is 30.3 Å². The average molecular weight is 349 g/mol. The fourth-order valence-electron chi connectivity index (χ4n) is 2.40. The molecule has 0 aliphatic carbocycles. The molecule has 1 unspecified atom stereocenters. The molecule has 3 heteroatoms. The molecule has 0 aliphatic heterocycles. The number of ether oxygens (including phenoxy) is 1. The van der Waals surface area contributed by atoms with Gasteiger partial charge in [0.05, 0.1) is 7.11 Å². The predicted octanol–water partition coefficient (Wildman–Crippen LogP) is 4.74. The van der Waals surface area contributed by atoms with Gasteiger partial charge in [-0.25, -0.2) is 0 Å². The monoisotopic (exact) mass is 348 g/mol. The number of halogens is 1. The molecule has 112 valence electrons. The summed E-state index contributed by atoms with van der Waals surface area (Å²) in [6, 6.07) is 13.8. The third-order valence-electron chi connectivity index (χ3n) is 3.43. The van der Waals surface area contributed by atoms with E-state index in [4.69, 9.17) is 4.74 Å². The van der Waals surface area contributed by atoms with Gasteiger partial charge in [-0.2, -0.15) is 0 Å². The Bertz CT molecular complexity index is 591. The SMILES string of the molecule is COc1cc(Br)ccc1C(O)c1ccc(CC(C)C)cc1. The molecule has 1 atom stereocenters. The van der Waals surface area contributed by atoms with Gasteiger partial charge in [0, 0.05) is 10.0 Å². The zero-order chi connectivity index (χ0) is 15.4. The van der Waals surface area contributed by atoms with Crippen molar-refractivity contribution < 1.29 is 9.84 Å². The molecule has 0 spiro atoms. The molecule has 0 radical (unpaired) electrons. The summed E-state index contributed by atoms with van der Waals surface area (Å²) in [4.78, 5) is 0. The molecule has 0 bridgehead atoms. The Hall–Kier alpha value is -1.32. The van der Waals surface area contributed by atoms with Crippen molar-refractivity contribution in [2.24, 2.45) is 5.92 Å². The number of methoxy groups -OCH3 is 1. The quantitative estimate of drug-likeness (QED) is 0.845. The highest BCUT2D eigenvalue weighted by atomic mass is 79.9. The summed E-state index contributed by atoms with van der Waals surface area (Å²) < 4.78 is 6.29. The van der Waals surface area contributed by atoms with Gasteiger partial charge in [-0.05, 0) is 35.6 Å². The van der Waals surface area contributed by atoms with Crippen molar-refractivity contribution in [2.45, 2.75) is 26.4 Å². The first-order valence-electron chi connectivity index (χ1n) is 7.11. The molecule has 0 amide bonds. The molecule has 2 nitrogen and oxygen atoms in total. The molecule has 2 rings (SSSR count). The largest absolute Gasteiger partial charge is 0.496 e. The van der Waals surface area contributed by atoms with Gasteiger partial charge in [0.1, 0.15) is 11.9 Å². The number of aliphatic hydroxyl groups is 1. The second-order valence-electron chi connectivity index (χ2n) is 5.63. The first-order valence-corrected chi connectivity index (χ1v) is 7.91. The molecular weight excluding hydrogens is 328 g/mol. The van der Waals surface area contributed by atoms with Crippen LogP contribution in [0.3, 0.4) is 0 Å². The normalized spacial score (nSPS) is 12.5. The van der Waals surface area contributed by atoms with E-state index in [1.54, 1.807) is 7.11 Å². The third kappa shape index (κ3) is 4.08. The molecule has 1 N–H and O–H groups in total. The van der Waals surface area contributed by atoms with E-state index in [0.717, 1.165) is 22.0 Å². The minimum absolute atomic E-state index is 0.632. The maximum Gasteiger partial charge on any atom is 0.126 e. The summed E-state index contributed by atoms with van der Waals surface area (Å²) in [6.07, 6.45) is 0.374. The van der Waals surface area contributed by atoms with Gasteiger partial charge in [0.2, 0.25) is 0 Å². The first kappa shape index (κ1) is 16.1. The summed E-state index contributed by atoms with van der Waals surface area (Å²) in [6.45, 7) is 4.41. The van der Waals surface area contributed by atoms with Gasteiger partial charge in [-0.3, -0.25) is 0 Å². The van der Waals surface area contributed by atoms with Gasteiger partial charge in [-0.15, -0.1) is 0 Å². The highest BCUT2D eigenvalue weighted by Crippen LogP contribution is 2.32. The lowest BCUT2D eigenvalue weighted by Gasteiger charge is -2.16. The highest BCUT2D eigenvalue weighted by molar-refractivity contribution is 9.10. The maximum atomic E-state index is 10.6. The summed E-state index contributed by atoms with van der Waals surface area (Å²) in [5, 5.41) is 10.6. The van der Waals surface area contributed by atoms with E-state index >= 15 is 0 Å². The van der Waals surface area contributed by atoms with Crippen LogP contribution in [0.4, 0.5) is 0 Å². The second-order valence-corrected chi connectivity index (χ2v) is 6.54. The van der Waals surface area contributed by atoms with Crippen molar-refractivity contribution in [1.29, 1.82) is 0 Å². The van der Waals surface area contributed by atoms with Gasteiger partial charge in [0.25, 0.3) is 0 Å². The topological polar surface area (TPSA) is 29.5 Å². The fourth-order valence-corrected chi connectivity index (χ4v) is 2.74. The van der Waals surface area contributed by atoms with Crippen LogP contribution in [0, 0.1) is 5.92 Å². The molecule has 0 heterocycles. The second kappa shape index (κ2) is 7.10. The Kier molecular flexibility index (Phi) is 5.43. The van der Waals surface area contributed by atoms with Crippen LogP contribution >= 0.6 is 15.9 Å². The summed E-state index contributed by atoms with van der Waals surface area (Å²) in [5.74, 6) is 1.32. The number of hydrogen-bond donors (Lipinski definition) is 1. The van der Waals surface area contributed by atoms with Gasteiger partial charge in [-0.1, -0.05) is 60.1 Å². The molecule has 0 saturated heterocycles. The minimum Gasteiger partial charge on any atom is -0.496 e. The molecule has 0 aromatic heterocycles. The van der Waals surface area contributed by atoms with Gasteiger partial charge >= 0.3 is 0 Å². The number of benzene rings is 2. The van der Waals surface area contributed by atoms with Crippen LogP contribution in [0.5, 0.6) is 5.75 Å². The van der Waals surface area contributed by atoms with Crippen molar-refractivity contribution in [2.75, 3.05) is 7.11 Å².